The summed E-state index contributed by atoms with van der Waals surface area (Å²) in [5, 5.41) is 8.80. The van der Waals surface area contributed by atoms with Gasteiger partial charge in [-0.3, -0.25) is 9.59 Å². The summed E-state index contributed by atoms with van der Waals surface area (Å²) in [6.07, 6.45) is 46.2. The molecule has 0 aromatic rings. The van der Waals surface area contributed by atoms with Crippen molar-refractivity contribution in [3.05, 3.63) is 24.3 Å². The third kappa shape index (κ3) is 36.8. The van der Waals surface area contributed by atoms with Crippen molar-refractivity contribution in [2.45, 2.75) is 225 Å². The summed E-state index contributed by atoms with van der Waals surface area (Å²) >= 11 is 0. The summed E-state index contributed by atoms with van der Waals surface area (Å²) in [6.45, 7) is 4.53. The average molecular weight is 633 g/mol. The molecular weight excluding hydrogens is 556 g/mol. The molecular formula is C41H76O4. The molecule has 45 heavy (non-hydrogen) atoms. The summed E-state index contributed by atoms with van der Waals surface area (Å²) < 4.78 is 5.99. The van der Waals surface area contributed by atoms with Crippen molar-refractivity contribution in [2.75, 3.05) is 0 Å². The molecule has 0 aliphatic heterocycles. The molecule has 0 saturated heterocycles. The second kappa shape index (κ2) is 36.9. The van der Waals surface area contributed by atoms with Gasteiger partial charge in [0.2, 0.25) is 0 Å². The van der Waals surface area contributed by atoms with Crippen LogP contribution < -0.4 is 0 Å². The fourth-order valence-electron chi connectivity index (χ4n) is 5.98. The third-order valence-electron chi connectivity index (χ3n) is 8.93. The summed E-state index contributed by atoms with van der Waals surface area (Å²) in [5.41, 5.74) is 0. The lowest BCUT2D eigenvalue weighted by Crippen LogP contribution is -2.18. The quantitative estimate of drug-likeness (QED) is 0.0424. The third-order valence-corrected chi connectivity index (χ3v) is 8.93. The van der Waals surface area contributed by atoms with Crippen molar-refractivity contribution >= 4 is 11.9 Å². The largest absolute Gasteiger partial charge is 0.481 e. The van der Waals surface area contributed by atoms with Gasteiger partial charge in [0, 0.05) is 12.8 Å². The van der Waals surface area contributed by atoms with Crippen molar-refractivity contribution < 1.29 is 19.4 Å². The first-order valence-corrected chi connectivity index (χ1v) is 19.8. The smallest absolute Gasteiger partial charge is 0.306 e. The number of rotatable bonds is 36. The number of carbonyl (C=O) groups excluding carboxylic acids is 1. The monoisotopic (exact) mass is 633 g/mol. The molecule has 1 N–H and O–H groups in total. The minimum absolute atomic E-state index is 0.00416. The van der Waals surface area contributed by atoms with Gasteiger partial charge in [-0.2, -0.15) is 0 Å². The Hall–Kier alpha value is -1.58. The van der Waals surface area contributed by atoms with E-state index in [0.717, 1.165) is 70.6 Å². The van der Waals surface area contributed by atoms with E-state index in [0.29, 0.717) is 6.42 Å². The highest BCUT2D eigenvalue weighted by Crippen LogP contribution is 2.19. The predicted molar refractivity (Wildman–Crippen MR) is 195 cm³/mol. The van der Waals surface area contributed by atoms with Crippen molar-refractivity contribution in [2.24, 2.45) is 0 Å². The van der Waals surface area contributed by atoms with E-state index in [1.54, 1.807) is 0 Å². The van der Waals surface area contributed by atoms with Crippen molar-refractivity contribution in [3.8, 4) is 0 Å². The van der Waals surface area contributed by atoms with Gasteiger partial charge in [-0.05, 0) is 70.6 Å². The van der Waals surface area contributed by atoms with Crippen LogP contribution in [0.15, 0.2) is 24.3 Å². The molecule has 0 heterocycles. The van der Waals surface area contributed by atoms with E-state index in [1.165, 1.54) is 122 Å². The molecule has 0 spiro atoms. The van der Waals surface area contributed by atoms with E-state index in [1.807, 2.05) is 0 Å². The van der Waals surface area contributed by atoms with Crippen LogP contribution in [-0.4, -0.2) is 23.1 Å². The van der Waals surface area contributed by atoms with Crippen LogP contribution in [0.1, 0.15) is 219 Å². The van der Waals surface area contributed by atoms with E-state index in [9.17, 15) is 9.59 Å². The first-order chi connectivity index (χ1) is 22.1. The Morgan fingerprint density at radius 2 is 0.867 bits per heavy atom. The molecule has 0 aromatic heterocycles. The van der Waals surface area contributed by atoms with Crippen LogP contribution in [-0.2, 0) is 14.3 Å². The predicted octanol–water partition coefficient (Wildman–Crippen LogP) is 13.6. The number of aliphatic carboxylic acids is 1. The van der Waals surface area contributed by atoms with Gasteiger partial charge in [0.05, 0.1) is 0 Å². The van der Waals surface area contributed by atoms with Crippen molar-refractivity contribution in [3.63, 3.8) is 0 Å². The minimum atomic E-state index is -0.700. The highest BCUT2D eigenvalue weighted by Gasteiger charge is 2.14. The zero-order valence-electron chi connectivity index (χ0n) is 30.2. The lowest BCUT2D eigenvalue weighted by atomic mass is 10.0. The fourth-order valence-corrected chi connectivity index (χ4v) is 5.98. The Morgan fingerprint density at radius 1 is 0.489 bits per heavy atom. The Balaban J connectivity index is 3.96. The molecule has 0 fully saturated rings. The van der Waals surface area contributed by atoms with Crippen LogP contribution in [0.5, 0.6) is 0 Å². The number of carboxylic acid groups (broad SMARTS) is 1. The Bertz CT molecular complexity index is 683. The van der Waals surface area contributed by atoms with Gasteiger partial charge in [0.1, 0.15) is 6.10 Å². The van der Waals surface area contributed by atoms with Gasteiger partial charge in [-0.25, -0.2) is 0 Å². The Labute approximate surface area is 280 Å². The summed E-state index contributed by atoms with van der Waals surface area (Å²) in [7, 11) is 0. The van der Waals surface area contributed by atoms with E-state index >= 15 is 0 Å². The van der Waals surface area contributed by atoms with E-state index in [-0.39, 0.29) is 18.5 Å². The topological polar surface area (TPSA) is 63.6 Å². The number of esters is 1. The Kier molecular flexibility index (Phi) is 35.6. The average Bonchev–Trinajstić information content (AvgIpc) is 3.02. The van der Waals surface area contributed by atoms with Crippen LogP contribution in [0.4, 0.5) is 0 Å². The number of hydrogen-bond acceptors (Lipinski definition) is 3. The number of carboxylic acids is 1. The normalized spacial score (nSPS) is 12.4. The molecule has 0 bridgehead atoms. The van der Waals surface area contributed by atoms with Gasteiger partial charge < -0.3 is 9.84 Å². The SMILES string of the molecule is CCCCCC/C=C\C/C=C\CCCCCCCCCC(=O)OC(CCCCCCCCCCC)CCCCCCCC(=O)O. The van der Waals surface area contributed by atoms with Gasteiger partial charge in [-0.15, -0.1) is 0 Å². The second-order valence-corrected chi connectivity index (χ2v) is 13.5. The Morgan fingerprint density at radius 3 is 1.33 bits per heavy atom. The fraction of sp³-hybridized carbons (Fsp3) is 0.854. The zero-order chi connectivity index (χ0) is 32.9. The maximum Gasteiger partial charge on any atom is 0.306 e. The van der Waals surface area contributed by atoms with Crippen molar-refractivity contribution in [1.29, 1.82) is 0 Å². The van der Waals surface area contributed by atoms with Gasteiger partial charge in [0.15, 0.2) is 0 Å². The lowest BCUT2D eigenvalue weighted by molar-refractivity contribution is -0.150. The van der Waals surface area contributed by atoms with Crippen LogP contribution in [0.25, 0.3) is 0 Å². The molecule has 0 saturated carbocycles. The minimum Gasteiger partial charge on any atom is -0.481 e. The zero-order valence-corrected chi connectivity index (χ0v) is 30.2. The molecule has 0 amide bonds. The second-order valence-electron chi connectivity index (χ2n) is 13.5. The molecule has 0 rings (SSSR count). The van der Waals surface area contributed by atoms with Crippen LogP contribution in [0.3, 0.4) is 0 Å². The molecule has 264 valence electrons. The first kappa shape index (κ1) is 43.4. The highest BCUT2D eigenvalue weighted by molar-refractivity contribution is 5.69. The number of ether oxygens (including phenoxy) is 1. The van der Waals surface area contributed by atoms with E-state index in [4.69, 9.17) is 9.84 Å². The van der Waals surface area contributed by atoms with E-state index in [2.05, 4.69) is 38.2 Å². The standard InChI is InChI=1S/C41H76O4/c1-3-5-7-9-11-13-14-15-16-17-18-19-20-21-23-25-30-34-38-41(44)45-39(36-32-28-26-29-33-37-40(42)43)35-31-27-24-22-12-10-8-6-4-2/h13-14,16-17,39H,3-12,15,18-38H2,1-2H3,(H,42,43)/b14-13-,17-16-. The first-order valence-electron chi connectivity index (χ1n) is 19.8. The number of allylic oxidation sites excluding steroid dienone is 4. The van der Waals surface area contributed by atoms with Crippen LogP contribution >= 0.6 is 0 Å². The lowest BCUT2D eigenvalue weighted by Gasteiger charge is -2.18. The maximum atomic E-state index is 12.6. The van der Waals surface area contributed by atoms with Crippen LogP contribution in [0.2, 0.25) is 0 Å². The highest BCUT2D eigenvalue weighted by atomic mass is 16.5. The molecule has 4 heteroatoms. The molecule has 1 atom stereocenters. The van der Waals surface area contributed by atoms with Gasteiger partial charge in [0.25, 0.3) is 0 Å². The van der Waals surface area contributed by atoms with Gasteiger partial charge >= 0.3 is 11.9 Å². The summed E-state index contributed by atoms with van der Waals surface area (Å²) in [5.74, 6) is -0.705. The maximum absolute atomic E-state index is 12.6. The van der Waals surface area contributed by atoms with Crippen molar-refractivity contribution in [1.82, 2.24) is 0 Å². The summed E-state index contributed by atoms with van der Waals surface area (Å²) in [6, 6.07) is 0. The molecule has 0 aliphatic carbocycles. The number of hydrogen-bond donors (Lipinski definition) is 1. The molecule has 4 nitrogen and oxygen atoms in total. The molecule has 0 radical (unpaired) electrons. The molecule has 0 aromatic carbocycles. The summed E-state index contributed by atoms with van der Waals surface area (Å²) in [4.78, 5) is 23.3. The number of carbonyl (C=O) groups is 2. The van der Waals surface area contributed by atoms with E-state index < -0.39 is 5.97 Å². The molecule has 0 aliphatic rings. The van der Waals surface area contributed by atoms with Gasteiger partial charge in [-0.1, -0.05) is 160 Å². The number of unbranched alkanes of at least 4 members (excludes halogenated alkanes) is 23. The molecule has 1 unspecified atom stereocenters. The van der Waals surface area contributed by atoms with Crippen LogP contribution in [0, 0.1) is 0 Å².